The highest BCUT2D eigenvalue weighted by Crippen LogP contribution is 2.22. The number of aromatic nitrogens is 2. The van der Waals surface area contributed by atoms with Crippen LogP contribution in [0.5, 0.6) is 0 Å². The van der Waals surface area contributed by atoms with Gasteiger partial charge in [-0.2, -0.15) is 5.26 Å². The lowest BCUT2D eigenvalue weighted by atomic mass is 10.2. The number of carbonyl (C=O) groups excluding carboxylic acids is 1. The highest BCUT2D eigenvalue weighted by atomic mass is 35.5. The van der Waals surface area contributed by atoms with Crippen LogP contribution in [0.1, 0.15) is 26.3 Å². The maximum Gasteiger partial charge on any atom is 0.413 e. The molecule has 7 heteroatoms. The van der Waals surface area contributed by atoms with Gasteiger partial charge in [-0.3, -0.25) is 5.32 Å². The van der Waals surface area contributed by atoms with E-state index in [2.05, 4.69) is 10.4 Å². The Balaban J connectivity index is 2.15. The van der Waals surface area contributed by atoms with Crippen molar-refractivity contribution in [1.82, 2.24) is 9.78 Å². The lowest BCUT2D eigenvalue weighted by Crippen LogP contribution is -2.27. The predicted molar refractivity (Wildman–Crippen MR) is 83.1 cm³/mol. The molecule has 2 aromatic rings. The number of ether oxygens (including phenoxy) is 1. The smallest absolute Gasteiger partial charge is 0.413 e. The first-order valence-electron chi connectivity index (χ1n) is 6.54. The molecule has 0 aliphatic heterocycles. The van der Waals surface area contributed by atoms with Crippen molar-refractivity contribution in [2.45, 2.75) is 26.4 Å². The number of nitrogens with zero attached hydrogens (tertiary/aromatic N) is 3. The standard InChI is InChI=1S/C15H15ClN4O2/c1-15(2,3)22-14(21)18-13-6-7-20(19-13)12-5-4-10(9-17)8-11(12)16/h4-8H,1-3H3,(H,18,19,21). The molecule has 0 bridgehead atoms. The number of benzene rings is 1. The normalized spacial score (nSPS) is 10.9. The summed E-state index contributed by atoms with van der Waals surface area (Å²) in [4.78, 5) is 11.7. The molecule has 6 nitrogen and oxygen atoms in total. The van der Waals surface area contributed by atoms with Gasteiger partial charge in [-0.15, -0.1) is 5.10 Å². The Morgan fingerprint density at radius 1 is 1.41 bits per heavy atom. The Morgan fingerprint density at radius 3 is 2.73 bits per heavy atom. The van der Waals surface area contributed by atoms with Crippen LogP contribution >= 0.6 is 11.6 Å². The van der Waals surface area contributed by atoms with E-state index in [0.717, 1.165) is 0 Å². The second kappa shape index (κ2) is 6.08. The first kappa shape index (κ1) is 15.9. The van der Waals surface area contributed by atoms with Crippen LogP contribution in [0.2, 0.25) is 5.02 Å². The van der Waals surface area contributed by atoms with Gasteiger partial charge < -0.3 is 4.74 Å². The third kappa shape index (κ3) is 3.99. The van der Waals surface area contributed by atoms with Crippen LogP contribution < -0.4 is 5.32 Å². The lowest BCUT2D eigenvalue weighted by molar-refractivity contribution is 0.0635. The van der Waals surface area contributed by atoms with Crippen LogP contribution in [-0.4, -0.2) is 21.5 Å². The Morgan fingerprint density at radius 2 is 2.14 bits per heavy atom. The molecule has 0 radical (unpaired) electrons. The number of amides is 1. The van der Waals surface area contributed by atoms with E-state index in [4.69, 9.17) is 21.6 Å². The highest BCUT2D eigenvalue weighted by Gasteiger charge is 2.17. The summed E-state index contributed by atoms with van der Waals surface area (Å²) in [6.07, 6.45) is 1.07. The highest BCUT2D eigenvalue weighted by molar-refractivity contribution is 6.32. The van der Waals surface area contributed by atoms with Gasteiger partial charge in [-0.05, 0) is 39.0 Å². The second-order valence-corrected chi connectivity index (χ2v) is 5.96. The largest absolute Gasteiger partial charge is 0.444 e. The third-order valence-electron chi connectivity index (χ3n) is 2.54. The predicted octanol–water partition coefficient (Wildman–Crippen LogP) is 3.74. The average molecular weight is 319 g/mol. The molecule has 1 N–H and O–H groups in total. The fraction of sp³-hybridized carbons (Fsp3) is 0.267. The molecule has 1 aromatic heterocycles. The van der Waals surface area contributed by atoms with Gasteiger partial charge in [0.1, 0.15) is 5.60 Å². The minimum absolute atomic E-state index is 0.342. The average Bonchev–Trinajstić information content (AvgIpc) is 2.84. The van der Waals surface area contributed by atoms with Crippen LogP contribution in [0.3, 0.4) is 0 Å². The Labute approximate surface area is 133 Å². The van der Waals surface area contributed by atoms with E-state index in [1.54, 1.807) is 51.2 Å². The molecule has 1 amide bonds. The Hall–Kier alpha value is -2.52. The summed E-state index contributed by atoms with van der Waals surface area (Å²) in [5.74, 6) is 0.342. The van der Waals surface area contributed by atoms with E-state index in [-0.39, 0.29) is 0 Å². The molecule has 114 valence electrons. The molecular formula is C15H15ClN4O2. The van der Waals surface area contributed by atoms with Crippen LogP contribution in [0, 0.1) is 11.3 Å². The molecule has 0 spiro atoms. The zero-order valence-electron chi connectivity index (χ0n) is 12.4. The molecule has 0 saturated carbocycles. The molecule has 0 saturated heterocycles. The molecule has 1 heterocycles. The summed E-state index contributed by atoms with van der Waals surface area (Å²) in [5.41, 5.74) is 0.495. The minimum atomic E-state index is -0.580. The number of hydrogen-bond acceptors (Lipinski definition) is 4. The van der Waals surface area contributed by atoms with Gasteiger partial charge in [0, 0.05) is 12.3 Å². The van der Waals surface area contributed by atoms with E-state index in [0.29, 0.717) is 22.1 Å². The molecule has 0 unspecified atom stereocenters. The van der Waals surface area contributed by atoms with Gasteiger partial charge in [0.05, 0.1) is 22.3 Å². The van der Waals surface area contributed by atoms with Gasteiger partial charge in [0.15, 0.2) is 5.82 Å². The second-order valence-electron chi connectivity index (χ2n) is 5.55. The topological polar surface area (TPSA) is 79.9 Å². The van der Waals surface area contributed by atoms with Gasteiger partial charge in [-0.1, -0.05) is 11.6 Å². The number of nitriles is 1. The molecule has 2 rings (SSSR count). The van der Waals surface area contributed by atoms with Crippen LogP contribution in [0.25, 0.3) is 5.69 Å². The molecule has 0 atom stereocenters. The van der Waals surface area contributed by atoms with Crippen molar-refractivity contribution in [3.8, 4) is 11.8 Å². The SMILES string of the molecule is CC(C)(C)OC(=O)Nc1ccn(-c2ccc(C#N)cc2Cl)n1. The maximum absolute atomic E-state index is 11.7. The molecule has 1 aromatic carbocycles. The van der Waals surface area contributed by atoms with Crippen molar-refractivity contribution >= 4 is 23.5 Å². The minimum Gasteiger partial charge on any atom is -0.444 e. The van der Waals surface area contributed by atoms with E-state index in [1.807, 2.05) is 6.07 Å². The summed E-state index contributed by atoms with van der Waals surface area (Å²) >= 11 is 6.12. The summed E-state index contributed by atoms with van der Waals surface area (Å²) in [6.45, 7) is 5.34. The number of halogens is 1. The fourth-order valence-electron chi connectivity index (χ4n) is 1.70. The number of anilines is 1. The summed E-state index contributed by atoms with van der Waals surface area (Å²) < 4.78 is 6.66. The number of carbonyl (C=O) groups is 1. The van der Waals surface area contributed by atoms with Gasteiger partial charge >= 0.3 is 6.09 Å². The molecule has 0 fully saturated rings. The first-order valence-corrected chi connectivity index (χ1v) is 6.92. The number of rotatable bonds is 2. The van der Waals surface area contributed by atoms with Crippen LogP contribution in [0.4, 0.5) is 10.6 Å². The van der Waals surface area contributed by atoms with Crippen LogP contribution in [-0.2, 0) is 4.74 Å². The molecule has 22 heavy (non-hydrogen) atoms. The Kier molecular flexibility index (Phi) is 4.38. The van der Waals surface area contributed by atoms with Gasteiger partial charge in [0.25, 0.3) is 0 Å². The van der Waals surface area contributed by atoms with Crippen molar-refractivity contribution in [3.05, 3.63) is 41.0 Å². The number of hydrogen-bond donors (Lipinski definition) is 1. The zero-order chi connectivity index (χ0) is 16.3. The quantitative estimate of drug-likeness (QED) is 0.914. The van der Waals surface area contributed by atoms with E-state index >= 15 is 0 Å². The van der Waals surface area contributed by atoms with Gasteiger partial charge in [0.2, 0.25) is 0 Å². The van der Waals surface area contributed by atoms with Crippen LogP contribution in [0.15, 0.2) is 30.5 Å². The summed E-state index contributed by atoms with van der Waals surface area (Å²) in [6, 6.07) is 8.52. The third-order valence-corrected chi connectivity index (χ3v) is 2.84. The van der Waals surface area contributed by atoms with Crippen molar-refractivity contribution in [1.29, 1.82) is 5.26 Å². The zero-order valence-corrected chi connectivity index (χ0v) is 13.2. The monoisotopic (exact) mass is 318 g/mol. The van der Waals surface area contributed by atoms with E-state index in [1.165, 1.54) is 4.68 Å². The van der Waals surface area contributed by atoms with Crippen molar-refractivity contribution < 1.29 is 9.53 Å². The summed E-state index contributed by atoms with van der Waals surface area (Å²) in [7, 11) is 0. The van der Waals surface area contributed by atoms with Crippen molar-refractivity contribution in [2.24, 2.45) is 0 Å². The molecular weight excluding hydrogens is 304 g/mol. The van der Waals surface area contributed by atoms with Crippen molar-refractivity contribution in [3.63, 3.8) is 0 Å². The fourth-order valence-corrected chi connectivity index (χ4v) is 1.96. The molecule has 0 aliphatic carbocycles. The summed E-state index contributed by atoms with van der Waals surface area (Å²) in [5, 5.41) is 16.0. The first-order chi connectivity index (χ1) is 10.3. The van der Waals surface area contributed by atoms with E-state index < -0.39 is 11.7 Å². The molecule has 0 aliphatic rings. The Bertz CT molecular complexity index is 741. The van der Waals surface area contributed by atoms with E-state index in [9.17, 15) is 4.79 Å². The lowest BCUT2D eigenvalue weighted by Gasteiger charge is -2.19. The van der Waals surface area contributed by atoms with Gasteiger partial charge in [-0.25, -0.2) is 9.48 Å². The number of nitrogens with one attached hydrogen (secondary N) is 1. The van der Waals surface area contributed by atoms with Crippen molar-refractivity contribution in [2.75, 3.05) is 5.32 Å². The maximum atomic E-state index is 11.7.